The first-order valence-corrected chi connectivity index (χ1v) is 4.74. The van der Waals surface area contributed by atoms with Crippen molar-refractivity contribution >= 4 is 0 Å². The summed E-state index contributed by atoms with van der Waals surface area (Å²) in [4.78, 5) is 0. The monoisotopic (exact) mass is 197 g/mol. The Morgan fingerprint density at radius 1 is 1.40 bits per heavy atom. The summed E-state index contributed by atoms with van der Waals surface area (Å²) in [7, 11) is 1.89. The van der Waals surface area contributed by atoms with Crippen LogP contribution in [0, 0.1) is 11.3 Å². The van der Waals surface area contributed by atoms with E-state index in [1.807, 2.05) is 43.7 Å². The fourth-order valence-corrected chi connectivity index (χ4v) is 1.52. The van der Waals surface area contributed by atoms with Gasteiger partial charge in [-0.2, -0.15) is 10.4 Å². The summed E-state index contributed by atoms with van der Waals surface area (Å²) in [5.41, 5.74) is 3.23. The second-order valence-corrected chi connectivity index (χ2v) is 3.44. The molecule has 15 heavy (non-hydrogen) atoms. The molecule has 0 aliphatic heterocycles. The number of nitriles is 1. The normalized spacial score (nSPS) is 9.87. The van der Waals surface area contributed by atoms with E-state index in [0.29, 0.717) is 6.42 Å². The zero-order chi connectivity index (χ0) is 10.7. The Kier molecular flexibility index (Phi) is 2.51. The SMILES string of the molecule is Cn1cc(-c2cccc(CC#N)c2)cn1. The summed E-state index contributed by atoms with van der Waals surface area (Å²) in [6, 6.07) is 10.1. The van der Waals surface area contributed by atoms with Crippen molar-refractivity contribution in [2.75, 3.05) is 0 Å². The molecule has 0 aliphatic carbocycles. The van der Waals surface area contributed by atoms with Crippen molar-refractivity contribution in [1.29, 1.82) is 5.26 Å². The topological polar surface area (TPSA) is 41.6 Å². The molecule has 0 atom stereocenters. The van der Waals surface area contributed by atoms with E-state index in [1.54, 1.807) is 4.68 Å². The van der Waals surface area contributed by atoms with Crippen molar-refractivity contribution in [2.45, 2.75) is 6.42 Å². The predicted octanol–water partition coefficient (Wildman–Crippen LogP) is 2.15. The molecule has 1 heterocycles. The van der Waals surface area contributed by atoms with Gasteiger partial charge in [0.25, 0.3) is 0 Å². The van der Waals surface area contributed by atoms with E-state index < -0.39 is 0 Å². The Balaban J connectivity index is 2.37. The molecule has 0 aliphatic rings. The van der Waals surface area contributed by atoms with Crippen LogP contribution < -0.4 is 0 Å². The minimum Gasteiger partial charge on any atom is -0.275 e. The standard InChI is InChI=1S/C12H11N3/c1-15-9-12(8-14-15)11-4-2-3-10(7-11)5-6-13/h2-4,7-9H,5H2,1H3. The Labute approximate surface area is 88.6 Å². The summed E-state index contributed by atoms with van der Waals surface area (Å²) in [5, 5.41) is 12.7. The van der Waals surface area contributed by atoms with Gasteiger partial charge in [0.2, 0.25) is 0 Å². The number of rotatable bonds is 2. The van der Waals surface area contributed by atoms with Crippen LogP contribution >= 0.6 is 0 Å². The van der Waals surface area contributed by atoms with Crippen LogP contribution in [0.5, 0.6) is 0 Å². The van der Waals surface area contributed by atoms with E-state index in [4.69, 9.17) is 5.26 Å². The average Bonchev–Trinajstić information content (AvgIpc) is 2.66. The summed E-state index contributed by atoms with van der Waals surface area (Å²) >= 11 is 0. The van der Waals surface area contributed by atoms with Gasteiger partial charge in [-0.05, 0) is 11.1 Å². The van der Waals surface area contributed by atoms with Crippen molar-refractivity contribution in [1.82, 2.24) is 9.78 Å². The lowest BCUT2D eigenvalue weighted by atomic mass is 10.1. The summed E-state index contributed by atoms with van der Waals surface area (Å²) in [6.07, 6.45) is 4.24. The molecule has 0 saturated carbocycles. The Bertz CT molecular complexity index is 506. The summed E-state index contributed by atoms with van der Waals surface area (Å²) in [6.45, 7) is 0. The molecule has 2 rings (SSSR count). The molecule has 74 valence electrons. The Hall–Kier alpha value is -2.08. The van der Waals surface area contributed by atoms with Gasteiger partial charge in [0.15, 0.2) is 0 Å². The molecular formula is C12H11N3. The number of hydrogen-bond donors (Lipinski definition) is 0. The van der Waals surface area contributed by atoms with E-state index in [1.165, 1.54) is 0 Å². The Morgan fingerprint density at radius 2 is 2.27 bits per heavy atom. The molecule has 0 saturated heterocycles. The lowest BCUT2D eigenvalue weighted by Crippen LogP contribution is -1.84. The highest BCUT2D eigenvalue weighted by molar-refractivity contribution is 5.62. The third kappa shape index (κ3) is 2.05. The van der Waals surface area contributed by atoms with Crippen LogP contribution in [-0.4, -0.2) is 9.78 Å². The van der Waals surface area contributed by atoms with Gasteiger partial charge < -0.3 is 0 Å². The fraction of sp³-hybridized carbons (Fsp3) is 0.167. The van der Waals surface area contributed by atoms with Gasteiger partial charge in [-0.1, -0.05) is 24.3 Å². The van der Waals surface area contributed by atoms with Gasteiger partial charge in [0.05, 0.1) is 18.7 Å². The number of hydrogen-bond acceptors (Lipinski definition) is 2. The molecule has 0 bridgehead atoms. The van der Waals surface area contributed by atoms with Crippen LogP contribution in [0.25, 0.3) is 11.1 Å². The van der Waals surface area contributed by atoms with E-state index >= 15 is 0 Å². The molecule has 1 aromatic heterocycles. The van der Waals surface area contributed by atoms with Gasteiger partial charge in [-0.3, -0.25) is 4.68 Å². The molecule has 2 aromatic rings. The minimum atomic E-state index is 0.452. The van der Waals surface area contributed by atoms with Crippen molar-refractivity contribution in [3.63, 3.8) is 0 Å². The van der Waals surface area contributed by atoms with Crippen molar-refractivity contribution < 1.29 is 0 Å². The summed E-state index contributed by atoms with van der Waals surface area (Å²) in [5.74, 6) is 0. The first-order chi connectivity index (χ1) is 7.29. The molecule has 3 heteroatoms. The molecule has 0 N–H and O–H groups in total. The van der Waals surface area contributed by atoms with Crippen LogP contribution in [0.3, 0.4) is 0 Å². The van der Waals surface area contributed by atoms with Gasteiger partial charge >= 0.3 is 0 Å². The third-order valence-corrected chi connectivity index (χ3v) is 2.25. The molecule has 3 nitrogen and oxygen atoms in total. The fourth-order valence-electron chi connectivity index (χ4n) is 1.52. The average molecular weight is 197 g/mol. The maximum absolute atomic E-state index is 8.62. The third-order valence-electron chi connectivity index (χ3n) is 2.25. The van der Waals surface area contributed by atoms with Crippen molar-refractivity contribution in [3.05, 3.63) is 42.2 Å². The van der Waals surface area contributed by atoms with E-state index in [-0.39, 0.29) is 0 Å². The zero-order valence-corrected chi connectivity index (χ0v) is 8.51. The Morgan fingerprint density at radius 3 is 2.93 bits per heavy atom. The van der Waals surface area contributed by atoms with Gasteiger partial charge in [0.1, 0.15) is 0 Å². The molecule has 1 aromatic carbocycles. The molecule has 0 spiro atoms. The van der Waals surface area contributed by atoms with Crippen LogP contribution in [0.1, 0.15) is 5.56 Å². The van der Waals surface area contributed by atoms with Crippen molar-refractivity contribution in [3.8, 4) is 17.2 Å². The maximum Gasteiger partial charge on any atom is 0.0669 e. The predicted molar refractivity (Wildman–Crippen MR) is 58.0 cm³/mol. The lowest BCUT2D eigenvalue weighted by Gasteiger charge is -1.99. The van der Waals surface area contributed by atoms with Crippen LogP contribution in [0.2, 0.25) is 0 Å². The first kappa shape index (κ1) is 9.47. The molecule has 0 amide bonds. The smallest absolute Gasteiger partial charge is 0.0669 e. The quantitative estimate of drug-likeness (QED) is 0.740. The highest BCUT2D eigenvalue weighted by Crippen LogP contribution is 2.19. The lowest BCUT2D eigenvalue weighted by molar-refractivity contribution is 0.768. The molecule has 0 unspecified atom stereocenters. The van der Waals surface area contributed by atoms with E-state index in [9.17, 15) is 0 Å². The maximum atomic E-state index is 8.62. The first-order valence-electron chi connectivity index (χ1n) is 4.74. The number of benzene rings is 1. The second kappa shape index (κ2) is 3.97. The van der Waals surface area contributed by atoms with Crippen LogP contribution in [-0.2, 0) is 13.5 Å². The number of nitrogens with zero attached hydrogens (tertiary/aromatic N) is 3. The highest BCUT2D eigenvalue weighted by Gasteiger charge is 2.00. The molecular weight excluding hydrogens is 186 g/mol. The van der Waals surface area contributed by atoms with Crippen LogP contribution in [0.15, 0.2) is 36.7 Å². The number of aryl methyl sites for hydroxylation is 1. The zero-order valence-electron chi connectivity index (χ0n) is 8.51. The van der Waals surface area contributed by atoms with E-state index in [2.05, 4.69) is 11.2 Å². The molecule has 0 fully saturated rings. The second-order valence-electron chi connectivity index (χ2n) is 3.44. The van der Waals surface area contributed by atoms with Gasteiger partial charge in [0, 0.05) is 18.8 Å². The van der Waals surface area contributed by atoms with E-state index in [0.717, 1.165) is 16.7 Å². The summed E-state index contributed by atoms with van der Waals surface area (Å²) < 4.78 is 1.77. The molecule has 0 radical (unpaired) electrons. The van der Waals surface area contributed by atoms with Crippen molar-refractivity contribution in [2.24, 2.45) is 7.05 Å². The minimum absolute atomic E-state index is 0.452. The van der Waals surface area contributed by atoms with Gasteiger partial charge in [-0.25, -0.2) is 0 Å². The largest absolute Gasteiger partial charge is 0.275 e. The van der Waals surface area contributed by atoms with Gasteiger partial charge in [-0.15, -0.1) is 0 Å². The highest BCUT2D eigenvalue weighted by atomic mass is 15.2. The van der Waals surface area contributed by atoms with Crippen LogP contribution in [0.4, 0.5) is 0 Å². The number of aromatic nitrogens is 2.